The van der Waals surface area contributed by atoms with Gasteiger partial charge in [0, 0.05) is 28.4 Å². The molecule has 8 heteroatoms. The summed E-state index contributed by atoms with van der Waals surface area (Å²) in [5, 5.41) is 6.74. The highest BCUT2D eigenvalue weighted by molar-refractivity contribution is 7.85. The fourth-order valence-electron chi connectivity index (χ4n) is 5.09. The van der Waals surface area contributed by atoms with Crippen LogP contribution in [0.5, 0.6) is 0 Å². The number of aliphatic imine (C=N–C) groups is 1. The monoisotopic (exact) mass is 624 g/mol. The van der Waals surface area contributed by atoms with Crippen LogP contribution in [0.2, 0.25) is 0 Å². The molecule has 1 aliphatic rings. The highest BCUT2D eigenvalue weighted by Gasteiger charge is 2.13. The van der Waals surface area contributed by atoms with E-state index < -0.39 is 10.1 Å². The van der Waals surface area contributed by atoms with Crippen LogP contribution in [0.25, 0.3) is 5.57 Å². The zero-order chi connectivity index (χ0) is 32.1. The topological polar surface area (TPSA) is 117 Å². The van der Waals surface area contributed by atoms with Crippen molar-refractivity contribution in [1.29, 1.82) is 0 Å². The molecule has 5 aromatic carbocycles. The maximum absolute atomic E-state index is 11.4. The Labute approximate surface area is 268 Å². The Bertz CT molecular complexity index is 2080. The molecule has 0 atom stereocenters. The number of hydrogen-bond acceptors (Lipinski definition) is 6. The third-order valence-electron chi connectivity index (χ3n) is 7.52. The molecule has 0 aromatic heterocycles. The van der Waals surface area contributed by atoms with Crippen LogP contribution < -0.4 is 16.4 Å². The molecule has 0 heterocycles. The van der Waals surface area contributed by atoms with Crippen LogP contribution in [0, 0.1) is 6.92 Å². The van der Waals surface area contributed by atoms with E-state index in [0.29, 0.717) is 5.69 Å². The SMILES string of the molecule is Cc1cc(Nc2ccc(C(=C3C=CC(=Nc4ccccc4)C=C3)c3ccc(Nc4ccc(S(=O)(=O)O)cc4)cc3)cc2)ccc1N. The quantitative estimate of drug-likeness (QED) is 0.101. The molecule has 0 amide bonds. The number of aryl methyl sites for hydroxylation is 1. The number of nitrogen functional groups attached to an aromatic ring is 1. The summed E-state index contributed by atoms with van der Waals surface area (Å²) in [5.74, 6) is 0. The summed E-state index contributed by atoms with van der Waals surface area (Å²) in [6.07, 6.45) is 8.22. The number of hydrogen-bond donors (Lipinski definition) is 4. The van der Waals surface area contributed by atoms with Crippen LogP contribution in [-0.2, 0) is 10.1 Å². The lowest BCUT2D eigenvalue weighted by atomic mass is 9.90. The Morgan fingerprint density at radius 2 is 1.15 bits per heavy atom. The van der Waals surface area contributed by atoms with Gasteiger partial charge in [0.05, 0.1) is 16.3 Å². The number of anilines is 5. The van der Waals surface area contributed by atoms with E-state index in [2.05, 4.69) is 59.2 Å². The largest absolute Gasteiger partial charge is 0.399 e. The molecule has 7 nitrogen and oxygen atoms in total. The summed E-state index contributed by atoms with van der Waals surface area (Å²) in [5.41, 5.74) is 17.2. The van der Waals surface area contributed by atoms with Gasteiger partial charge in [-0.25, -0.2) is 4.99 Å². The standard InChI is InChI=1S/C38H32N4O3S/c1-26-25-35(21-24-37(26)39)42-33-17-11-29(12-18-33)38(27-7-13-31(14-8-27)40-30-5-3-2-4-6-30)28-9-15-32(16-10-28)41-34-19-22-36(23-20-34)46(43,44)45/h2-25,41-42H,39H2,1H3,(H,43,44,45). The van der Waals surface area contributed by atoms with Crippen molar-refractivity contribution >= 4 is 55.5 Å². The minimum Gasteiger partial charge on any atom is -0.399 e. The minimum absolute atomic E-state index is 0.153. The second-order valence-electron chi connectivity index (χ2n) is 10.8. The van der Waals surface area contributed by atoms with E-state index in [1.807, 2.05) is 79.7 Å². The third kappa shape index (κ3) is 7.32. The minimum atomic E-state index is -4.25. The number of para-hydroxylation sites is 1. The average Bonchev–Trinajstić information content (AvgIpc) is 3.06. The third-order valence-corrected chi connectivity index (χ3v) is 8.38. The van der Waals surface area contributed by atoms with Crippen molar-refractivity contribution in [3.8, 4) is 0 Å². The first kappa shape index (κ1) is 30.3. The van der Waals surface area contributed by atoms with Crippen LogP contribution in [0.4, 0.5) is 34.1 Å². The van der Waals surface area contributed by atoms with E-state index in [1.54, 1.807) is 12.1 Å². The molecular weight excluding hydrogens is 593 g/mol. The zero-order valence-corrected chi connectivity index (χ0v) is 25.9. The maximum atomic E-state index is 11.4. The molecule has 0 radical (unpaired) electrons. The van der Waals surface area contributed by atoms with E-state index >= 15 is 0 Å². The Morgan fingerprint density at radius 1 is 0.652 bits per heavy atom. The summed E-state index contributed by atoms with van der Waals surface area (Å²) in [4.78, 5) is 4.59. The lowest BCUT2D eigenvalue weighted by Gasteiger charge is -2.16. The molecule has 6 rings (SSSR count). The van der Waals surface area contributed by atoms with Crippen molar-refractivity contribution < 1.29 is 13.0 Å². The first-order valence-electron chi connectivity index (χ1n) is 14.6. The second-order valence-corrected chi connectivity index (χ2v) is 12.3. The van der Waals surface area contributed by atoms with Gasteiger partial charge < -0.3 is 16.4 Å². The number of nitrogens with zero attached hydrogens (tertiary/aromatic N) is 1. The van der Waals surface area contributed by atoms with Gasteiger partial charge in [-0.05, 0) is 126 Å². The fraction of sp³-hybridized carbons (Fsp3) is 0.0263. The summed E-state index contributed by atoms with van der Waals surface area (Å²) >= 11 is 0. The molecule has 5 aromatic rings. The Balaban J connectivity index is 1.30. The van der Waals surface area contributed by atoms with Crippen molar-refractivity contribution in [2.24, 2.45) is 4.99 Å². The van der Waals surface area contributed by atoms with Gasteiger partial charge in [0.1, 0.15) is 0 Å². The van der Waals surface area contributed by atoms with Crippen molar-refractivity contribution in [1.82, 2.24) is 0 Å². The fourth-order valence-corrected chi connectivity index (χ4v) is 5.57. The first-order chi connectivity index (χ1) is 22.2. The summed E-state index contributed by atoms with van der Waals surface area (Å²) in [7, 11) is -4.25. The lowest BCUT2D eigenvalue weighted by molar-refractivity contribution is 0.483. The van der Waals surface area contributed by atoms with Crippen molar-refractivity contribution in [2.75, 3.05) is 16.4 Å². The summed E-state index contributed by atoms with van der Waals surface area (Å²) in [6, 6.07) is 38.1. The van der Waals surface area contributed by atoms with Gasteiger partial charge in [0.2, 0.25) is 0 Å². The second kappa shape index (κ2) is 13.1. The van der Waals surface area contributed by atoms with Gasteiger partial charge in [0.15, 0.2) is 0 Å². The molecule has 0 aliphatic heterocycles. The summed E-state index contributed by atoms with van der Waals surface area (Å²) < 4.78 is 32.0. The maximum Gasteiger partial charge on any atom is 0.294 e. The van der Waals surface area contributed by atoms with Crippen molar-refractivity contribution in [3.05, 3.63) is 168 Å². The van der Waals surface area contributed by atoms with Crippen LogP contribution in [0.3, 0.4) is 0 Å². The van der Waals surface area contributed by atoms with E-state index in [4.69, 9.17) is 10.7 Å². The molecule has 228 valence electrons. The molecule has 0 saturated heterocycles. The van der Waals surface area contributed by atoms with Crippen LogP contribution >= 0.6 is 0 Å². The van der Waals surface area contributed by atoms with Crippen LogP contribution in [0.1, 0.15) is 16.7 Å². The molecule has 46 heavy (non-hydrogen) atoms. The first-order valence-corrected chi connectivity index (χ1v) is 16.1. The Morgan fingerprint density at radius 3 is 1.67 bits per heavy atom. The highest BCUT2D eigenvalue weighted by atomic mass is 32.2. The van der Waals surface area contributed by atoms with Crippen LogP contribution in [0.15, 0.2) is 161 Å². The number of allylic oxidation sites excluding steroid dienone is 5. The van der Waals surface area contributed by atoms with Gasteiger partial charge in [0.25, 0.3) is 10.1 Å². The van der Waals surface area contributed by atoms with Gasteiger partial charge in [-0.3, -0.25) is 4.55 Å². The van der Waals surface area contributed by atoms with Gasteiger partial charge in [-0.1, -0.05) is 54.6 Å². The number of nitrogens with one attached hydrogen (secondary N) is 2. The molecule has 0 unspecified atom stereocenters. The molecule has 0 spiro atoms. The lowest BCUT2D eigenvalue weighted by Crippen LogP contribution is -1.99. The zero-order valence-electron chi connectivity index (χ0n) is 25.1. The molecular formula is C38H32N4O3S. The van der Waals surface area contributed by atoms with E-state index in [0.717, 1.165) is 62.0 Å². The number of benzene rings is 5. The van der Waals surface area contributed by atoms with Gasteiger partial charge in [-0.15, -0.1) is 0 Å². The number of nitrogens with two attached hydrogens (primary N) is 1. The smallest absolute Gasteiger partial charge is 0.294 e. The molecule has 0 bridgehead atoms. The Kier molecular flexibility index (Phi) is 8.65. The molecule has 5 N–H and O–H groups in total. The number of rotatable bonds is 8. The highest BCUT2D eigenvalue weighted by Crippen LogP contribution is 2.33. The Hall–Kier alpha value is -5.70. The van der Waals surface area contributed by atoms with Crippen molar-refractivity contribution in [3.63, 3.8) is 0 Å². The molecule has 0 saturated carbocycles. The predicted molar refractivity (Wildman–Crippen MR) is 189 cm³/mol. The van der Waals surface area contributed by atoms with Gasteiger partial charge >= 0.3 is 0 Å². The summed E-state index contributed by atoms with van der Waals surface area (Å²) in [6.45, 7) is 1.99. The van der Waals surface area contributed by atoms with Crippen molar-refractivity contribution in [2.45, 2.75) is 11.8 Å². The normalized spacial score (nSPS) is 12.6. The molecule has 1 aliphatic carbocycles. The average molecular weight is 625 g/mol. The van der Waals surface area contributed by atoms with E-state index in [1.165, 1.54) is 12.1 Å². The van der Waals surface area contributed by atoms with E-state index in [-0.39, 0.29) is 4.90 Å². The molecule has 0 fully saturated rings. The predicted octanol–water partition coefficient (Wildman–Crippen LogP) is 9.01. The van der Waals surface area contributed by atoms with Crippen LogP contribution in [-0.4, -0.2) is 18.7 Å². The van der Waals surface area contributed by atoms with E-state index in [9.17, 15) is 13.0 Å². The van der Waals surface area contributed by atoms with Gasteiger partial charge in [-0.2, -0.15) is 8.42 Å².